The van der Waals surface area contributed by atoms with Gasteiger partial charge in [0.05, 0.1) is 17.8 Å². The second kappa shape index (κ2) is 7.65. The van der Waals surface area contributed by atoms with Gasteiger partial charge in [-0.25, -0.2) is 0 Å². The lowest BCUT2D eigenvalue weighted by molar-refractivity contribution is 0.0721. The fraction of sp³-hybridized carbons (Fsp3) is 0.278. The van der Waals surface area contributed by atoms with Crippen LogP contribution in [0.25, 0.3) is 11.4 Å². The van der Waals surface area contributed by atoms with Crippen LogP contribution < -0.4 is 0 Å². The van der Waals surface area contributed by atoms with Crippen LogP contribution in [0, 0.1) is 5.92 Å². The number of hydrogen-bond acceptors (Lipinski definition) is 5. The van der Waals surface area contributed by atoms with Gasteiger partial charge in [0.2, 0.25) is 5.82 Å². The van der Waals surface area contributed by atoms with Gasteiger partial charge in [-0.3, -0.25) is 9.78 Å². The van der Waals surface area contributed by atoms with E-state index in [1.165, 1.54) is 0 Å². The van der Waals surface area contributed by atoms with Crippen LogP contribution >= 0.6 is 0 Å². The van der Waals surface area contributed by atoms with Gasteiger partial charge in [0, 0.05) is 18.3 Å². The Bertz CT molecular complexity index is 817. The molecule has 0 aliphatic heterocycles. The van der Waals surface area contributed by atoms with E-state index < -0.39 is 0 Å². The molecule has 3 aromatic rings. The SMILES string of the molecule is CC(C)CN(Cc1ccccn1)C(=O)c1ccccc1-c1nn[nH]n1. The Morgan fingerprint density at radius 2 is 1.96 bits per heavy atom. The summed E-state index contributed by atoms with van der Waals surface area (Å²) in [6.07, 6.45) is 1.74. The summed E-state index contributed by atoms with van der Waals surface area (Å²) in [7, 11) is 0. The van der Waals surface area contributed by atoms with Crippen LogP contribution in [0.2, 0.25) is 0 Å². The number of carbonyl (C=O) groups excluding carboxylic acids is 1. The molecule has 1 aromatic carbocycles. The number of nitrogens with zero attached hydrogens (tertiary/aromatic N) is 5. The van der Waals surface area contributed by atoms with Crippen molar-refractivity contribution in [3.8, 4) is 11.4 Å². The van der Waals surface area contributed by atoms with Crippen molar-refractivity contribution in [1.29, 1.82) is 0 Å². The molecule has 0 spiro atoms. The van der Waals surface area contributed by atoms with Gasteiger partial charge in [-0.2, -0.15) is 5.21 Å². The van der Waals surface area contributed by atoms with Crippen molar-refractivity contribution in [3.05, 3.63) is 59.9 Å². The zero-order chi connectivity index (χ0) is 17.6. The van der Waals surface area contributed by atoms with Crippen molar-refractivity contribution in [3.63, 3.8) is 0 Å². The van der Waals surface area contributed by atoms with E-state index in [0.29, 0.717) is 36.0 Å². The average molecular weight is 336 g/mol. The topological polar surface area (TPSA) is 87.7 Å². The van der Waals surface area contributed by atoms with Crippen LogP contribution in [-0.4, -0.2) is 43.0 Å². The second-order valence-corrected chi connectivity index (χ2v) is 6.18. The number of H-pyrrole nitrogens is 1. The van der Waals surface area contributed by atoms with Crippen LogP contribution in [0.3, 0.4) is 0 Å². The Morgan fingerprint density at radius 1 is 1.16 bits per heavy atom. The third-order valence-corrected chi connectivity index (χ3v) is 3.70. The number of aromatic amines is 1. The van der Waals surface area contributed by atoms with Crippen molar-refractivity contribution in [2.75, 3.05) is 6.54 Å². The zero-order valence-electron chi connectivity index (χ0n) is 14.3. The molecule has 1 N–H and O–H groups in total. The molecule has 0 saturated heterocycles. The number of hydrogen-bond donors (Lipinski definition) is 1. The molecule has 0 fully saturated rings. The lowest BCUT2D eigenvalue weighted by atomic mass is 10.0. The van der Waals surface area contributed by atoms with Crippen molar-refractivity contribution in [2.45, 2.75) is 20.4 Å². The number of aromatic nitrogens is 5. The molecule has 2 aromatic heterocycles. The summed E-state index contributed by atoms with van der Waals surface area (Å²) >= 11 is 0. The molecule has 0 unspecified atom stereocenters. The Balaban J connectivity index is 1.93. The highest BCUT2D eigenvalue weighted by Crippen LogP contribution is 2.22. The average Bonchev–Trinajstić information content (AvgIpc) is 3.15. The quantitative estimate of drug-likeness (QED) is 0.747. The van der Waals surface area contributed by atoms with Gasteiger partial charge in [0.15, 0.2) is 0 Å². The van der Waals surface area contributed by atoms with Crippen molar-refractivity contribution in [1.82, 2.24) is 30.5 Å². The van der Waals surface area contributed by atoms with Gasteiger partial charge in [-0.1, -0.05) is 38.1 Å². The predicted octanol–water partition coefficient (Wildman–Crippen LogP) is 2.56. The van der Waals surface area contributed by atoms with E-state index >= 15 is 0 Å². The molecular weight excluding hydrogens is 316 g/mol. The molecule has 1 amide bonds. The van der Waals surface area contributed by atoms with E-state index in [-0.39, 0.29) is 5.91 Å². The van der Waals surface area contributed by atoms with E-state index in [1.54, 1.807) is 12.3 Å². The number of benzene rings is 1. The molecule has 0 radical (unpaired) electrons. The predicted molar refractivity (Wildman–Crippen MR) is 93.4 cm³/mol. The van der Waals surface area contributed by atoms with Crippen LogP contribution in [0.15, 0.2) is 48.7 Å². The summed E-state index contributed by atoms with van der Waals surface area (Å²) in [5.74, 6) is 0.677. The van der Waals surface area contributed by atoms with Crippen LogP contribution in [0.5, 0.6) is 0 Å². The molecule has 0 saturated carbocycles. The first-order chi connectivity index (χ1) is 12.1. The van der Waals surface area contributed by atoms with E-state index in [4.69, 9.17) is 0 Å². The van der Waals surface area contributed by atoms with Gasteiger partial charge in [0.25, 0.3) is 5.91 Å². The van der Waals surface area contributed by atoms with Crippen molar-refractivity contribution >= 4 is 5.91 Å². The standard InChI is InChI=1S/C18H20N6O/c1-13(2)11-24(12-14-7-5-6-10-19-14)18(25)16-9-4-3-8-15(16)17-20-22-23-21-17/h3-10,13H,11-12H2,1-2H3,(H,20,21,22,23). The zero-order valence-corrected chi connectivity index (χ0v) is 14.3. The first kappa shape index (κ1) is 16.8. The summed E-state index contributed by atoms with van der Waals surface area (Å²) in [6.45, 7) is 5.27. The lowest BCUT2D eigenvalue weighted by Crippen LogP contribution is -2.34. The molecule has 2 heterocycles. The Kier molecular flexibility index (Phi) is 5.13. The monoisotopic (exact) mass is 336 g/mol. The minimum Gasteiger partial charge on any atom is -0.332 e. The van der Waals surface area contributed by atoms with Crippen LogP contribution in [0.1, 0.15) is 29.9 Å². The van der Waals surface area contributed by atoms with Crippen molar-refractivity contribution in [2.24, 2.45) is 5.92 Å². The normalized spacial score (nSPS) is 10.8. The largest absolute Gasteiger partial charge is 0.332 e. The molecule has 0 aliphatic carbocycles. The maximum atomic E-state index is 13.2. The van der Waals surface area contributed by atoms with Crippen LogP contribution in [-0.2, 0) is 6.54 Å². The van der Waals surface area contributed by atoms with E-state index in [2.05, 4.69) is 39.5 Å². The van der Waals surface area contributed by atoms with Gasteiger partial charge < -0.3 is 4.90 Å². The minimum absolute atomic E-state index is 0.0697. The Morgan fingerprint density at radius 3 is 2.64 bits per heavy atom. The maximum Gasteiger partial charge on any atom is 0.254 e. The van der Waals surface area contributed by atoms with E-state index in [9.17, 15) is 4.79 Å². The Hall–Kier alpha value is -3.09. The summed E-state index contributed by atoms with van der Waals surface area (Å²) in [5.41, 5.74) is 2.07. The Labute approximate surface area is 146 Å². The first-order valence-corrected chi connectivity index (χ1v) is 8.17. The second-order valence-electron chi connectivity index (χ2n) is 6.18. The maximum absolute atomic E-state index is 13.2. The summed E-state index contributed by atoms with van der Waals surface area (Å²) < 4.78 is 0. The highest BCUT2D eigenvalue weighted by Gasteiger charge is 2.22. The summed E-state index contributed by atoms with van der Waals surface area (Å²) in [6, 6.07) is 13.0. The van der Waals surface area contributed by atoms with Gasteiger partial charge in [-0.05, 0) is 29.3 Å². The molecule has 0 bridgehead atoms. The fourth-order valence-electron chi connectivity index (χ4n) is 2.66. The molecular formula is C18H20N6O. The molecule has 128 valence electrons. The smallest absolute Gasteiger partial charge is 0.254 e. The van der Waals surface area contributed by atoms with Gasteiger partial charge >= 0.3 is 0 Å². The molecule has 0 aliphatic rings. The van der Waals surface area contributed by atoms with E-state index in [1.807, 2.05) is 41.3 Å². The lowest BCUT2D eigenvalue weighted by Gasteiger charge is -2.25. The van der Waals surface area contributed by atoms with Gasteiger partial charge in [-0.15, -0.1) is 10.2 Å². The number of amides is 1. The summed E-state index contributed by atoms with van der Waals surface area (Å²) in [4.78, 5) is 19.4. The molecule has 7 nitrogen and oxygen atoms in total. The molecule has 3 rings (SSSR count). The van der Waals surface area contributed by atoms with Crippen molar-refractivity contribution < 1.29 is 4.79 Å². The number of pyridine rings is 1. The van der Waals surface area contributed by atoms with Crippen LogP contribution in [0.4, 0.5) is 0 Å². The number of nitrogens with one attached hydrogen (secondary N) is 1. The number of tetrazole rings is 1. The molecule has 25 heavy (non-hydrogen) atoms. The third kappa shape index (κ3) is 4.06. The summed E-state index contributed by atoms with van der Waals surface area (Å²) in [5, 5.41) is 14.0. The third-order valence-electron chi connectivity index (χ3n) is 3.70. The highest BCUT2D eigenvalue weighted by atomic mass is 16.2. The number of carbonyl (C=O) groups is 1. The first-order valence-electron chi connectivity index (χ1n) is 8.17. The highest BCUT2D eigenvalue weighted by molar-refractivity contribution is 6.00. The fourth-order valence-corrected chi connectivity index (χ4v) is 2.66. The minimum atomic E-state index is -0.0697. The number of rotatable bonds is 6. The molecule has 7 heteroatoms. The molecule has 0 atom stereocenters. The van der Waals surface area contributed by atoms with Gasteiger partial charge in [0.1, 0.15) is 0 Å². The van der Waals surface area contributed by atoms with E-state index in [0.717, 1.165) is 5.69 Å².